The van der Waals surface area contributed by atoms with Crippen LogP contribution in [0.3, 0.4) is 0 Å². The van der Waals surface area contributed by atoms with Gasteiger partial charge in [0.05, 0.1) is 18.1 Å². The van der Waals surface area contributed by atoms with Gasteiger partial charge < -0.3 is 9.84 Å². The highest BCUT2D eigenvalue weighted by Crippen LogP contribution is 2.30. The number of rotatable bonds is 5. The first-order valence-electron chi connectivity index (χ1n) is 6.63. The second-order valence-corrected chi connectivity index (χ2v) is 5.38. The minimum Gasteiger partial charge on any atom is -0.495 e. The molecular weight excluding hydrogens is 288 g/mol. The number of benzene rings is 2. The van der Waals surface area contributed by atoms with Crippen molar-refractivity contribution in [3.8, 4) is 5.75 Å². The van der Waals surface area contributed by atoms with Gasteiger partial charge in [0.25, 0.3) is 0 Å². The summed E-state index contributed by atoms with van der Waals surface area (Å²) in [4.78, 5) is 11.6. The smallest absolute Gasteiger partial charge is 0.311 e. The number of carboxylic acid groups (broad SMARTS) is 1. The van der Waals surface area contributed by atoms with Crippen LogP contribution in [0.4, 0.5) is 0 Å². The maximum atomic E-state index is 11.6. The molecule has 0 fully saturated rings. The van der Waals surface area contributed by atoms with Gasteiger partial charge in [-0.05, 0) is 36.6 Å². The lowest BCUT2D eigenvalue weighted by Crippen LogP contribution is -2.14. The van der Waals surface area contributed by atoms with Crippen LogP contribution < -0.4 is 4.74 Å². The fraction of sp³-hybridized carbons (Fsp3) is 0.235. The molecule has 3 nitrogen and oxygen atoms in total. The van der Waals surface area contributed by atoms with Crippen LogP contribution in [0, 0.1) is 6.92 Å². The van der Waals surface area contributed by atoms with Gasteiger partial charge in [-0.15, -0.1) is 0 Å². The zero-order chi connectivity index (χ0) is 15.4. The molecule has 0 aliphatic rings. The van der Waals surface area contributed by atoms with E-state index in [1.54, 1.807) is 18.2 Å². The largest absolute Gasteiger partial charge is 0.495 e. The van der Waals surface area contributed by atoms with Crippen LogP contribution in [0.2, 0.25) is 5.02 Å². The molecule has 1 unspecified atom stereocenters. The van der Waals surface area contributed by atoms with Crippen LogP contribution in [0.5, 0.6) is 5.75 Å². The summed E-state index contributed by atoms with van der Waals surface area (Å²) in [6.45, 7) is 2.00. The van der Waals surface area contributed by atoms with Crippen molar-refractivity contribution in [1.82, 2.24) is 0 Å². The molecule has 1 N–H and O–H groups in total. The van der Waals surface area contributed by atoms with Gasteiger partial charge in [-0.2, -0.15) is 0 Å². The monoisotopic (exact) mass is 304 g/mol. The van der Waals surface area contributed by atoms with Crippen molar-refractivity contribution in [2.45, 2.75) is 19.3 Å². The van der Waals surface area contributed by atoms with Gasteiger partial charge in [0, 0.05) is 0 Å². The van der Waals surface area contributed by atoms with Crippen molar-refractivity contribution in [1.29, 1.82) is 0 Å². The summed E-state index contributed by atoms with van der Waals surface area (Å²) in [5.41, 5.74) is 2.81. The third kappa shape index (κ3) is 3.76. The SMILES string of the molecule is COc1ccc(C(Cc2ccc(C)cc2)C(=O)O)cc1Cl. The second-order valence-electron chi connectivity index (χ2n) is 4.97. The van der Waals surface area contributed by atoms with Crippen LogP contribution >= 0.6 is 11.6 Å². The normalized spacial score (nSPS) is 12.0. The van der Waals surface area contributed by atoms with E-state index >= 15 is 0 Å². The summed E-state index contributed by atoms with van der Waals surface area (Å²) in [5, 5.41) is 9.91. The fourth-order valence-electron chi connectivity index (χ4n) is 2.21. The summed E-state index contributed by atoms with van der Waals surface area (Å²) >= 11 is 6.08. The Bertz CT molecular complexity index is 635. The summed E-state index contributed by atoms with van der Waals surface area (Å²) in [6.07, 6.45) is 0.429. The summed E-state index contributed by atoms with van der Waals surface area (Å²) in [7, 11) is 1.53. The van der Waals surface area contributed by atoms with E-state index in [0.29, 0.717) is 22.8 Å². The maximum Gasteiger partial charge on any atom is 0.311 e. The number of aliphatic carboxylic acids is 1. The molecule has 1 atom stereocenters. The van der Waals surface area contributed by atoms with Gasteiger partial charge in [0.1, 0.15) is 5.75 Å². The van der Waals surface area contributed by atoms with Crippen LogP contribution in [0.1, 0.15) is 22.6 Å². The number of carbonyl (C=O) groups is 1. The first-order chi connectivity index (χ1) is 10.0. The topological polar surface area (TPSA) is 46.5 Å². The first-order valence-corrected chi connectivity index (χ1v) is 7.01. The van der Waals surface area contributed by atoms with Crippen molar-refractivity contribution < 1.29 is 14.6 Å². The zero-order valence-electron chi connectivity index (χ0n) is 12.0. The Morgan fingerprint density at radius 3 is 2.43 bits per heavy atom. The summed E-state index contributed by atoms with van der Waals surface area (Å²) in [5.74, 6) is -0.951. The van der Waals surface area contributed by atoms with E-state index in [4.69, 9.17) is 16.3 Å². The maximum absolute atomic E-state index is 11.6. The van der Waals surface area contributed by atoms with E-state index < -0.39 is 11.9 Å². The standard InChI is InChI=1S/C17H17ClO3/c1-11-3-5-12(6-4-11)9-14(17(19)20)13-7-8-16(21-2)15(18)10-13/h3-8,10,14H,9H2,1-2H3,(H,19,20). The average molecular weight is 305 g/mol. The van der Waals surface area contributed by atoms with Crippen LogP contribution in [0.15, 0.2) is 42.5 Å². The number of halogens is 1. The molecule has 4 heteroatoms. The molecule has 0 aromatic heterocycles. The van der Waals surface area contributed by atoms with Gasteiger partial charge in [-0.3, -0.25) is 4.79 Å². The van der Waals surface area contributed by atoms with Crippen molar-refractivity contribution >= 4 is 17.6 Å². The lowest BCUT2D eigenvalue weighted by Gasteiger charge is -2.14. The lowest BCUT2D eigenvalue weighted by atomic mass is 9.91. The quantitative estimate of drug-likeness (QED) is 0.906. The molecule has 110 valence electrons. The van der Waals surface area contributed by atoms with E-state index in [1.165, 1.54) is 7.11 Å². The molecule has 21 heavy (non-hydrogen) atoms. The Hall–Kier alpha value is -2.00. The van der Waals surface area contributed by atoms with Gasteiger partial charge in [0.2, 0.25) is 0 Å². The lowest BCUT2D eigenvalue weighted by molar-refractivity contribution is -0.138. The van der Waals surface area contributed by atoms with E-state index in [1.807, 2.05) is 31.2 Å². The highest BCUT2D eigenvalue weighted by molar-refractivity contribution is 6.32. The molecule has 0 aliphatic heterocycles. The molecule has 0 radical (unpaired) electrons. The number of methoxy groups -OCH3 is 1. The second kappa shape index (κ2) is 6.64. The minimum absolute atomic E-state index is 0.421. The Morgan fingerprint density at radius 1 is 1.24 bits per heavy atom. The number of hydrogen-bond donors (Lipinski definition) is 1. The van der Waals surface area contributed by atoms with E-state index in [-0.39, 0.29) is 0 Å². The van der Waals surface area contributed by atoms with Crippen molar-refractivity contribution in [2.24, 2.45) is 0 Å². The van der Waals surface area contributed by atoms with Gasteiger partial charge in [-0.1, -0.05) is 47.5 Å². The zero-order valence-corrected chi connectivity index (χ0v) is 12.7. The van der Waals surface area contributed by atoms with E-state index in [0.717, 1.165) is 11.1 Å². The highest BCUT2D eigenvalue weighted by atomic mass is 35.5. The van der Waals surface area contributed by atoms with Gasteiger partial charge >= 0.3 is 5.97 Å². The van der Waals surface area contributed by atoms with E-state index in [2.05, 4.69) is 0 Å². The number of ether oxygens (including phenoxy) is 1. The van der Waals surface area contributed by atoms with E-state index in [9.17, 15) is 9.90 Å². The average Bonchev–Trinajstić information content (AvgIpc) is 2.46. The first kappa shape index (κ1) is 15.4. The Morgan fingerprint density at radius 2 is 1.90 bits per heavy atom. The highest BCUT2D eigenvalue weighted by Gasteiger charge is 2.21. The predicted octanol–water partition coefficient (Wildman–Crippen LogP) is 4.07. The van der Waals surface area contributed by atoms with Crippen molar-refractivity contribution in [3.05, 3.63) is 64.2 Å². The molecule has 0 amide bonds. The van der Waals surface area contributed by atoms with Gasteiger partial charge in [-0.25, -0.2) is 0 Å². The summed E-state index contributed by atoms with van der Waals surface area (Å²) in [6, 6.07) is 13.0. The molecular formula is C17H17ClO3. The van der Waals surface area contributed by atoms with Crippen molar-refractivity contribution in [3.63, 3.8) is 0 Å². The molecule has 0 heterocycles. The Labute approximate surface area is 129 Å². The summed E-state index contributed by atoms with van der Waals surface area (Å²) < 4.78 is 5.09. The third-order valence-corrected chi connectivity index (χ3v) is 3.73. The predicted molar refractivity (Wildman–Crippen MR) is 83.3 cm³/mol. The Balaban J connectivity index is 2.28. The fourth-order valence-corrected chi connectivity index (χ4v) is 2.47. The van der Waals surface area contributed by atoms with Crippen LogP contribution in [-0.2, 0) is 11.2 Å². The molecule has 2 rings (SSSR count). The minimum atomic E-state index is -0.864. The molecule has 0 bridgehead atoms. The number of hydrogen-bond acceptors (Lipinski definition) is 2. The van der Waals surface area contributed by atoms with Gasteiger partial charge in [0.15, 0.2) is 0 Å². The molecule has 2 aromatic rings. The number of aryl methyl sites for hydroxylation is 1. The van der Waals surface area contributed by atoms with Crippen LogP contribution in [-0.4, -0.2) is 18.2 Å². The van der Waals surface area contributed by atoms with Crippen molar-refractivity contribution in [2.75, 3.05) is 7.11 Å². The molecule has 0 spiro atoms. The van der Waals surface area contributed by atoms with Crippen LogP contribution in [0.25, 0.3) is 0 Å². The third-order valence-electron chi connectivity index (χ3n) is 3.44. The molecule has 0 saturated heterocycles. The molecule has 0 saturated carbocycles. The molecule has 0 aliphatic carbocycles. The Kier molecular flexibility index (Phi) is 4.86. The number of carboxylic acids is 1. The molecule has 2 aromatic carbocycles.